The van der Waals surface area contributed by atoms with E-state index in [0.717, 1.165) is 32.4 Å². The quantitative estimate of drug-likeness (QED) is 0.908. The predicted molar refractivity (Wildman–Crippen MR) is 97.2 cm³/mol. The van der Waals surface area contributed by atoms with Crippen molar-refractivity contribution in [3.8, 4) is 0 Å². The number of amides is 1. The highest BCUT2D eigenvalue weighted by Gasteiger charge is 2.39. The van der Waals surface area contributed by atoms with E-state index in [1.54, 1.807) is 0 Å². The summed E-state index contributed by atoms with van der Waals surface area (Å²) >= 11 is 0. The molecule has 0 unspecified atom stereocenters. The van der Waals surface area contributed by atoms with Crippen LogP contribution in [0.1, 0.15) is 43.2 Å². The first-order valence-corrected chi connectivity index (χ1v) is 9.23. The number of carbonyl (C=O) groups is 1. The van der Waals surface area contributed by atoms with Gasteiger partial charge in [0.1, 0.15) is 0 Å². The van der Waals surface area contributed by atoms with Crippen LogP contribution in [-0.2, 0) is 11.2 Å². The van der Waals surface area contributed by atoms with E-state index >= 15 is 0 Å². The third-order valence-electron chi connectivity index (χ3n) is 5.86. The molecule has 4 heteroatoms. The number of rotatable bonds is 4. The monoisotopic (exact) mass is 325 g/mol. The molecule has 2 N–H and O–H groups in total. The molecule has 4 nitrogen and oxygen atoms in total. The third kappa shape index (κ3) is 2.63. The van der Waals surface area contributed by atoms with Gasteiger partial charge < -0.3 is 15.2 Å². The molecule has 2 heterocycles. The molecule has 1 aliphatic carbocycles. The summed E-state index contributed by atoms with van der Waals surface area (Å²) in [6, 6.07) is 7.20. The highest BCUT2D eigenvalue weighted by atomic mass is 16.1. The number of piperidine rings is 1. The van der Waals surface area contributed by atoms with Crippen molar-refractivity contribution in [1.29, 1.82) is 0 Å². The summed E-state index contributed by atoms with van der Waals surface area (Å²) in [5, 5.41) is 4.47. The Balaban J connectivity index is 1.58. The van der Waals surface area contributed by atoms with Gasteiger partial charge >= 0.3 is 0 Å². The first kappa shape index (κ1) is 15.7. The van der Waals surface area contributed by atoms with E-state index in [-0.39, 0.29) is 5.91 Å². The Morgan fingerprint density at radius 3 is 3.12 bits per heavy atom. The maximum absolute atomic E-state index is 12.1. The first-order valence-electron chi connectivity index (χ1n) is 9.23. The molecule has 0 spiro atoms. The van der Waals surface area contributed by atoms with E-state index in [1.165, 1.54) is 22.0 Å². The van der Waals surface area contributed by atoms with Gasteiger partial charge in [0, 0.05) is 48.6 Å². The van der Waals surface area contributed by atoms with Crippen LogP contribution in [0.4, 0.5) is 0 Å². The number of hydrogen-bond donors (Lipinski definition) is 2. The SMILES string of the molecule is CCCNC(=O)C[C@@H]1C[C@@H]2c3cccc4[nH]cc(c34)C[C@H]2N(C)C1. The van der Waals surface area contributed by atoms with Crippen molar-refractivity contribution in [2.45, 2.75) is 44.6 Å². The standard InChI is InChI=1S/C20H27N3O/c1-3-7-21-19(24)9-13-8-16-15-5-4-6-17-20(15)14(11-22-17)10-18(16)23(2)12-13/h4-6,11,13,16,18,22H,3,7-10,12H2,1-2H3,(H,21,24)/t13-,16+,18+/m0/s1. The number of H-pyrrole nitrogens is 1. The molecular formula is C20H27N3O. The number of aromatic amines is 1. The highest BCUT2D eigenvalue weighted by molar-refractivity contribution is 5.88. The smallest absolute Gasteiger partial charge is 0.220 e. The van der Waals surface area contributed by atoms with E-state index in [4.69, 9.17) is 0 Å². The van der Waals surface area contributed by atoms with Gasteiger partial charge in [0.05, 0.1) is 0 Å². The molecule has 1 amide bonds. The fourth-order valence-corrected chi connectivity index (χ4v) is 4.80. The van der Waals surface area contributed by atoms with E-state index in [1.807, 2.05) is 0 Å². The maximum atomic E-state index is 12.1. The predicted octanol–water partition coefficient (Wildman–Crippen LogP) is 3.04. The zero-order valence-electron chi connectivity index (χ0n) is 14.6. The zero-order chi connectivity index (χ0) is 16.7. The van der Waals surface area contributed by atoms with E-state index in [0.29, 0.717) is 24.3 Å². The third-order valence-corrected chi connectivity index (χ3v) is 5.86. The van der Waals surface area contributed by atoms with Crippen molar-refractivity contribution in [2.75, 3.05) is 20.1 Å². The Morgan fingerprint density at radius 2 is 2.29 bits per heavy atom. The summed E-state index contributed by atoms with van der Waals surface area (Å²) in [5.41, 5.74) is 4.18. The number of nitrogens with zero attached hydrogens (tertiary/aromatic N) is 1. The second-order valence-corrected chi connectivity index (χ2v) is 7.56. The number of likely N-dealkylation sites (N-methyl/N-ethyl adjacent to an activating group) is 1. The number of carbonyl (C=O) groups excluding carboxylic acids is 1. The fraction of sp³-hybridized carbons (Fsp3) is 0.550. The molecule has 0 saturated carbocycles. The molecule has 2 aliphatic rings. The Hall–Kier alpha value is -1.81. The average Bonchev–Trinajstić information content (AvgIpc) is 2.99. The number of aromatic nitrogens is 1. The lowest BCUT2D eigenvalue weighted by Crippen LogP contribution is -2.48. The molecule has 24 heavy (non-hydrogen) atoms. The van der Waals surface area contributed by atoms with Crippen molar-refractivity contribution in [3.05, 3.63) is 35.5 Å². The summed E-state index contributed by atoms with van der Waals surface area (Å²) in [7, 11) is 2.23. The Bertz CT molecular complexity index is 750. The van der Waals surface area contributed by atoms with Gasteiger partial charge in [-0.1, -0.05) is 19.1 Å². The van der Waals surface area contributed by atoms with Crippen molar-refractivity contribution in [1.82, 2.24) is 15.2 Å². The molecule has 128 valence electrons. The first-order chi connectivity index (χ1) is 11.7. The number of benzene rings is 1. The maximum Gasteiger partial charge on any atom is 0.220 e. The minimum absolute atomic E-state index is 0.213. The summed E-state index contributed by atoms with van der Waals surface area (Å²) in [6.45, 7) is 3.91. The zero-order valence-corrected chi connectivity index (χ0v) is 14.6. The molecule has 1 aromatic carbocycles. The molecule has 1 aliphatic heterocycles. The van der Waals surface area contributed by atoms with Crippen LogP contribution in [0, 0.1) is 5.92 Å². The molecular weight excluding hydrogens is 298 g/mol. The van der Waals surface area contributed by atoms with Gasteiger partial charge in [-0.3, -0.25) is 4.79 Å². The van der Waals surface area contributed by atoms with Gasteiger partial charge in [0.25, 0.3) is 0 Å². The Kier molecular flexibility index (Phi) is 4.09. The lowest BCUT2D eigenvalue weighted by atomic mass is 9.72. The van der Waals surface area contributed by atoms with Gasteiger partial charge in [0.15, 0.2) is 0 Å². The molecule has 4 rings (SSSR count). The van der Waals surface area contributed by atoms with E-state index < -0.39 is 0 Å². The normalized spacial score (nSPS) is 26.3. The molecule has 0 bridgehead atoms. The van der Waals surface area contributed by atoms with E-state index in [9.17, 15) is 4.79 Å². The lowest BCUT2D eigenvalue weighted by Gasteiger charge is -2.45. The van der Waals surface area contributed by atoms with Crippen LogP contribution in [0.15, 0.2) is 24.4 Å². The number of hydrogen-bond acceptors (Lipinski definition) is 2. The van der Waals surface area contributed by atoms with Gasteiger partial charge in [0.2, 0.25) is 5.91 Å². The van der Waals surface area contributed by atoms with Gasteiger partial charge in [-0.15, -0.1) is 0 Å². The minimum Gasteiger partial charge on any atom is -0.361 e. The second kappa shape index (κ2) is 6.25. The van der Waals surface area contributed by atoms with Crippen molar-refractivity contribution in [3.63, 3.8) is 0 Å². The topological polar surface area (TPSA) is 48.1 Å². The number of likely N-dealkylation sites (tertiary alicyclic amines) is 1. The van der Waals surface area contributed by atoms with Crippen LogP contribution in [0.3, 0.4) is 0 Å². The highest BCUT2D eigenvalue weighted by Crippen LogP contribution is 2.44. The van der Waals surface area contributed by atoms with Crippen LogP contribution in [0.2, 0.25) is 0 Å². The molecule has 3 atom stereocenters. The van der Waals surface area contributed by atoms with Crippen molar-refractivity contribution < 1.29 is 4.79 Å². The summed E-state index contributed by atoms with van der Waals surface area (Å²) < 4.78 is 0. The Labute approximate surface area is 143 Å². The largest absolute Gasteiger partial charge is 0.361 e. The van der Waals surface area contributed by atoms with Gasteiger partial charge in [-0.2, -0.15) is 0 Å². The fourth-order valence-electron chi connectivity index (χ4n) is 4.80. The molecule has 2 aromatic rings. The van der Waals surface area contributed by atoms with E-state index in [2.05, 4.69) is 53.6 Å². The summed E-state index contributed by atoms with van der Waals surface area (Å²) in [4.78, 5) is 18.1. The summed E-state index contributed by atoms with van der Waals surface area (Å²) in [5.74, 6) is 1.20. The van der Waals surface area contributed by atoms with Crippen LogP contribution < -0.4 is 5.32 Å². The molecule has 0 radical (unpaired) electrons. The van der Waals surface area contributed by atoms with Crippen molar-refractivity contribution >= 4 is 16.8 Å². The van der Waals surface area contributed by atoms with Crippen LogP contribution in [0.25, 0.3) is 10.9 Å². The number of fused-ring (bicyclic) bond motifs is 2. The van der Waals surface area contributed by atoms with Crippen LogP contribution in [0.5, 0.6) is 0 Å². The molecule has 1 saturated heterocycles. The lowest BCUT2D eigenvalue weighted by molar-refractivity contribution is -0.122. The Morgan fingerprint density at radius 1 is 1.42 bits per heavy atom. The molecule has 1 fully saturated rings. The second-order valence-electron chi connectivity index (χ2n) is 7.56. The minimum atomic E-state index is 0.213. The number of nitrogens with one attached hydrogen (secondary N) is 2. The average molecular weight is 325 g/mol. The van der Waals surface area contributed by atoms with Crippen LogP contribution >= 0.6 is 0 Å². The van der Waals surface area contributed by atoms with Crippen molar-refractivity contribution in [2.24, 2.45) is 5.92 Å². The van der Waals surface area contributed by atoms with Crippen LogP contribution in [-0.4, -0.2) is 42.0 Å². The van der Waals surface area contributed by atoms with Gasteiger partial charge in [-0.05, 0) is 49.4 Å². The summed E-state index contributed by atoms with van der Waals surface area (Å²) in [6.07, 6.45) is 6.08. The van der Waals surface area contributed by atoms with Gasteiger partial charge in [-0.25, -0.2) is 0 Å². The molecule has 1 aromatic heterocycles.